The summed E-state index contributed by atoms with van der Waals surface area (Å²) < 4.78 is 5.12. The summed E-state index contributed by atoms with van der Waals surface area (Å²) in [7, 11) is 0. The molecule has 0 atom stereocenters. The SMILES string of the molecule is CCCC(CCC)(NC(=O)OC(C)(C)C)C(=O)O. The smallest absolute Gasteiger partial charge is 0.408 e. The molecule has 0 radical (unpaired) electrons. The highest BCUT2D eigenvalue weighted by molar-refractivity contribution is 5.84. The maximum absolute atomic E-state index is 11.7. The monoisotopic (exact) mass is 259 g/mol. The molecule has 0 rings (SSSR count). The highest BCUT2D eigenvalue weighted by Gasteiger charge is 2.39. The van der Waals surface area contributed by atoms with Gasteiger partial charge in [-0.15, -0.1) is 0 Å². The molecule has 5 nitrogen and oxygen atoms in total. The van der Waals surface area contributed by atoms with E-state index in [0.29, 0.717) is 25.7 Å². The van der Waals surface area contributed by atoms with Crippen molar-refractivity contribution in [2.45, 2.75) is 71.4 Å². The second-order valence-electron chi connectivity index (χ2n) is 5.51. The van der Waals surface area contributed by atoms with Gasteiger partial charge in [0.15, 0.2) is 0 Å². The van der Waals surface area contributed by atoms with Crippen molar-refractivity contribution in [2.24, 2.45) is 0 Å². The lowest BCUT2D eigenvalue weighted by Gasteiger charge is -2.31. The molecular weight excluding hydrogens is 234 g/mol. The van der Waals surface area contributed by atoms with Crippen LogP contribution in [0.1, 0.15) is 60.3 Å². The van der Waals surface area contributed by atoms with E-state index in [4.69, 9.17) is 4.74 Å². The number of amides is 1. The number of hydrogen-bond donors (Lipinski definition) is 2. The van der Waals surface area contributed by atoms with Crippen molar-refractivity contribution in [3.63, 3.8) is 0 Å². The highest BCUT2D eigenvalue weighted by atomic mass is 16.6. The molecule has 0 saturated carbocycles. The molecule has 0 aliphatic rings. The molecule has 5 heteroatoms. The lowest BCUT2D eigenvalue weighted by atomic mass is 9.89. The Hall–Kier alpha value is -1.26. The van der Waals surface area contributed by atoms with Crippen molar-refractivity contribution in [3.05, 3.63) is 0 Å². The van der Waals surface area contributed by atoms with E-state index in [1.54, 1.807) is 20.8 Å². The third-order valence-corrected chi connectivity index (χ3v) is 2.50. The van der Waals surface area contributed by atoms with Crippen molar-refractivity contribution in [3.8, 4) is 0 Å². The molecule has 106 valence electrons. The van der Waals surface area contributed by atoms with E-state index < -0.39 is 23.2 Å². The van der Waals surface area contributed by atoms with E-state index in [1.807, 2.05) is 13.8 Å². The van der Waals surface area contributed by atoms with Crippen LogP contribution in [0.3, 0.4) is 0 Å². The minimum Gasteiger partial charge on any atom is -0.480 e. The molecule has 18 heavy (non-hydrogen) atoms. The van der Waals surface area contributed by atoms with Gasteiger partial charge in [-0.05, 0) is 33.6 Å². The number of aliphatic carboxylic acids is 1. The van der Waals surface area contributed by atoms with Crippen LogP contribution in [0.4, 0.5) is 4.79 Å². The summed E-state index contributed by atoms with van der Waals surface area (Å²) in [6, 6.07) is 0. The first-order valence-electron chi connectivity index (χ1n) is 6.41. The zero-order valence-corrected chi connectivity index (χ0v) is 12.0. The Morgan fingerprint density at radius 1 is 1.11 bits per heavy atom. The number of nitrogens with one attached hydrogen (secondary N) is 1. The zero-order chi connectivity index (χ0) is 14.4. The molecule has 0 bridgehead atoms. The Bertz CT molecular complexity index is 288. The number of carbonyl (C=O) groups is 2. The molecule has 0 unspecified atom stereocenters. The number of rotatable bonds is 6. The maximum atomic E-state index is 11.7. The normalized spacial score (nSPS) is 12.1. The molecule has 0 aliphatic heterocycles. The fourth-order valence-corrected chi connectivity index (χ4v) is 1.87. The average molecular weight is 259 g/mol. The predicted molar refractivity (Wildman–Crippen MR) is 69.6 cm³/mol. The van der Waals surface area contributed by atoms with E-state index in [-0.39, 0.29) is 0 Å². The van der Waals surface area contributed by atoms with Gasteiger partial charge in [-0.1, -0.05) is 26.7 Å². The van der Waals surface area contributed by atoms with Crippen LogP contribution >= 0.6 is 0 Å². The maximum Gasteiger partial charge on any atom is 0.408 e. The third kappa shape index (κ3) is 5.38. The van der Waals surface area contributed by atoms with Crippen molar-refractivity contribution >= 4 is 12.1 Å². The van der Waals surface area contributed by atoms with Gasteiger partial charge in [0.2, 0.25) is 0 Å². The van der Waals surface area contributed by atoms with E-state index in [1.165, 1.54) is 0 Å². The summed E-state index contributed by atoms with van der Waals surface area (Å²) in [4.78, 5) is 23.2. The second kappa shape index (κ2) is 6.61. The van der Waals surface area contributed by atoms with Crippen LogP contribution in [0.5, 0.6) is 0 Å². The fraction of sp³-hybridized carbons (Fsp3) is 0.846. The van der Waals surface area contributed by atoms with Gasteiger partial charge in [-0.25, -0.2) is 9.59 Å². The number of hydrogen-bond acceptors (Lipinski definition) is 3. The Morgan fingerprint density at radius 2 is 1.56 bits per heavy atom. The van der Waals surface area contributed by atoms with Crippen molar-refractivity contribution in [1.29, 1.82) is 0 Å². The topological polar surface area (TPSA) is 75.6 Å². The molecular formula is C13H25NO4. The van der Waals surface area contributed by atoms with Crippen LogP contribution in [0.25, 0.3) is 0 Å². The van der Waals surface area contributed by atoms with Crippen LogP contribution < -0.4 is 5.32 Å². The summed E-state index contributed by atoms with van der Waals surface area (Å²) in [5, 5.41) is 11.9. The predicted octanol–water partition coefficient (Wildman–Crippen LogP) is 2.93. The number of carboxylic acids is 1. The average Bonchev–Trinajstić information content (AvgIpc) is 2.14. The minimum absolute atomic E-state index is 0.398. The minimum atomic E-state index is -1.22. The quantitative estimate of drug-likeness (QED) is 0.769. The van der Waals surface area contributed by atoms with Gasteiger partial charge in [0.05, 0.1) is 0 Å². The molecule has 0 aromatic carbocycles. The number of carbonyl (C=O) groups excluding carboxylic acids is 1. The van der Waals surface area contributed by atoms with Gasteiger partial charge < -0.3 is 15.2 Å². The van der Waals surface area contributed by atoms with Crippen LogP contribution in [-0.4, -0.2) is 28.3 Å². The molecule has 1 amide bonds. The number of carboxylic acid groups (broad SMARTS) is 1. The standard InChI is InChI=1S/C13H25NO4/c1-6-8-13(9-7-2,10(15)16)14-11(17)18-12(3,4)5/h6-9H2,1-5H3,(H,14,17)(H,15,16). The Labute approximate surface area is 109 Å². The number of ether oxygens (including phenoxy) is 1. The summed E-state index contributed by atoms with van der Waals surface area (Å²) in [5.41, 5.74) is -1.85. The summed E-state index contributed by atoms with van der Waals surface area (Å²) in [6.45, 7) is 9.02. The lowest BCUT2D eigenvalue weighted by molar-refractivity contribution is -0.145. The van der Waals surface area contributed by atoms with Crippen LogP contribution in [0.2, 0.25) is 0 Å². The molecule has 0 aromatic rings. The summed E-state index contributed by atoms with van der Waals surface area (Å²) >= 11 is 0. The fourth-order valence-electron chi connectivity index (χ4n) is 1.87. The van der Waals surface area contributed by atoms with Crippen molar-refractivity contribution in [1.82, 2.24) is 5.32 Å². The Balaban J connectivity index is 4.87. The first kappa shape index (κ1) is 16.7. The molecule has 0 aliphatic carbocycles. The second-order valence-corrected chi connectivity index (χ2v) is 5.51. The molecule has 2 N–H and O–H groups in total. The molecule has 0 heterocycles. The van der Waals surface area contributed by atoms with Gasteiger partial charge in [-0.3, -0.25) is 0 Å². The zero-order valence-electron chi connectivity index (χ0n) is 12.0. The van der Waals surface area contributed by atoms with E-state index in [2.05, 4.69) is 5.32 Å². The van der Waals surface area contributed by atoms with Gasteiger partial charge in [-0.2, -0.15) is 0 Å². The van der Waals surface area contributed by atoms with E-state index >= 15 is 0 Å². The summed E-state index contributed by atoms with van der Waals surface area (Å²) in [5.74, 6) is -1.00. The van der Waals surface area contributed by atoms with E-state index in [0.717, 1.165) is 0 Å². The van der Waals surface area contributed by atoms with Gasteiger partial charge in [0, 0.05) is 0 Å². The van der Waals surface area contributed by atoms with Gasteiger partial charge in [0.1, 0.15) is 11.1 Å². The van der Waals surface area contributed by atoms with Crippen molar-refractivity contribution < 1.29 is 19.4 Å². The Morgan fingerprint density at radius 3 is 1.83 bits per heavy atom. The van der Waals surface area contributed by atoms with Crippen molar-refractivity contribution in [2.75, 3.05) is 0 Å². The highest BCUT2D eigenvalue weighted by Crippen LogP contribution is 2.21. The largest absolute Gasteiger partial charge is 0.480 e. The van der Waals surface area contributed by atoms with E-state index in [9.17, 15) is 14.7 Å². The first-order valence-corrected chi connectivity index (χ1v) is 6.41. The third-order valence-electron chi connectivity index (χ3n) is 2.50. The Kier molecular flexibility index (Phi) is 6.15. The first-order chi connectivity index (χ1) is 8.17. The molecule has 0 saturated heterocycles. The number of alkyl carbamates (subject to hydrolysis) is 1. The lowest BCUT2D eigenvalue weighted by Crippen LogP contribution is -2.55. The molecule has 0 spiro atoms. The van der Waals surface area contributed by atoms with Gasteiger partial charge in [0.25, 0.3) is 0 Å². The van der Waals surface area contributed by atoms with Crippen LogP contribution in [0, 0.1) is 0 Å². The van der Waals surface area contributed by atoms with Crippen LogP contribution in [-0.2, 0) is 9.53 Å². The van der Waals surface area contributed by atoms with Crippen LogP contribution in [0.15, 0.2) is 0 Å². The summed E-state index contributed by atoms with van der Waals surface area (Å²) in [6.07, 6.45) is 1.49. The molecule has 0 aromatic heterocycles. The van der Waals surface area contributed by atoms with Gasteiger partial charge >= 0.3 is 12.1 Å². The molecule has 0 fully saturated rings.